The summed E-state index contributed by atoms with van der Waals surface area (Å²) in [6.07, 6.45) is 5.86. The molecule has 0 saturated carbocycles. The lowest BCUT2D eigenvalue weighted by atomic mass is 10.0. The van der Waals surface area contributed by atoms with Crippen molar-refractivity contribution < 1.29 is 9.59 Å². The number of benzene rings is 1. The number of anilines is 1. The van der Waals surface area contributed by atoms with Crippen molar-refractivity contribution in [3.05, 3.63) is 52.6 Å². The first kappa shape index (κ1) is 28.7. The van der Waals surface area contributed by atoms with Crippen LogP contribution in [0.1, 0.15) is 45.6 Å². The highest BCUT2D eigenvalue weighted by Crippen LogP contribution is 2.16. The average molecular weight is 539 g/mol. The van der Waals surface area contributed by atoms with Gasteiger partial charge >= 0.3 is 11.7 Å². The predicted molar refractivity (Wildman–Crippen MR) is 152 cm³/mol. The highest BCUT2D eigenvalue weighted by atomic mass is 16.2. The smallest absolute Gasteiger partial charge is 0.335 e. The monoisotopic (exact) mass is 538 g/mol. The minimum atomic E-state index is -0.964. The Balaban J connectivity index is 1.31. The Labute approximate surface area is 230 Å². The van der Waals surface area contributed by atoms with Gasteiger partial charge in [0.25, 0.3) is 0 Å². The molecule has 39 heavy (non-hydrogen) atoms. The van der Waals surface area contributed by atoms with E-state index in [-0.39, 0.29) is 23.8 Å². The number of amides is 3. The van der Waals surface area contributed by atoms with Gasteiger partial charge in [0.2, 0.25) is 5.91 Å². The number of likely N-dealkylation sites (tertiary alicyclic amines) is 1. The first-order valence-corrected chi connectivity index (χ1v) is 13.8. The van der Waals surface area contributed by atoms with E-state index in [9.17, 15) is 14.4 Å². The summed E-state index contributed by atoms with van der Waals surface area (Å²) in [5.41, 5.74) is 12.5. The van der Waals surface area contributed by atoms with Crippen molar-refractivity contribution in [2.45, 2.75) is 64.1 Å². The van der Waals surface area contributed by atoms with Crippen LogP contribution in [0.2, 0.25) is 0 Å². The van der Waals surface area contributed by atoms with Gasteiger partial charge in [0.15, 0.2) is 0 Å². The summed E-state index contributed by atoms with van der Waals surface area (Å²) in [5, 5.41) is 2.71. The Morgan fingerprint density at radius 1 is 1.08 bits per heavy atom. The van der Waals surface area contributed by atoms with Gasteiger partial charge in [-0.25, -0.2) is 9.59 Å². The maximum atomic E-state index is 12.8. The van der Waals surface area contributed by atoms with Crippen LogP contribution in [0.5, 0.6) is 0 Å². The molecule has 2 saturated heterocycles. The van der Waals surface area contributed by atoms with Crippen LogP contribution >= 0.6 is 0 Å². The molecule has 0 radical (unpaired) electrons. The Morgan fingerprint density at radius 2 is 1.82 bits per heavy atom. The molecule has 11 heteroatoms. The first-order chi connectivity index (χ1) is 18.5. The Kier molecular flexibility index (Phi) is 9.04. The fourth-order valence-electron chi connectivity index (χ4n) is 5.19. The van der Waals surface area contributed by atoms with Crippen LogP contribution in [0.15, 0.2) is 41.3 Å². The lowest BCUT2D eigenvalue weighted by Gasteiger charge is -2.42. The van der Waals surface area contributed by atoms with E-state index in [0.29, 0.717) is 31.4 Å². The van der Waals surface area contributed by atoms with E-state index < -0.39 is 11.2 Å². The van der Waals surface area contributed by atoms with E-state index in [4.69, 9.17) is 11.5 Å². The molecule has 212 valence electrons. The van der Waals surface area contributed by atoms with Crippen LogP contribution in [0, 0.1) is 0 Å². The summed E-state index contributed by atoms with van der Waals surface area (Å²) < 4.78 is 1.46. The van der Waals surface area contributed by atoms with E-state index in [1.54, 1.807) is 35.9 Å². The van der Waals surface area contributed by atoms with Crippen molar-refractivity contribution in [3.63, 3.8) is 0 Å². The van der Waals surface area contributed by atoms with Crippen LogP contribution in [-0.4, -0.2) is 93.1 Å². The molecule has 2 aliphatic rings. The van der Waals surface area contributed by atoms with Gasteiger partial charge < -0.3 is 26.2 Å². The standard InChI is InChI=1S/C28H42N8O3/c1-20-19-34(17-18-35(20)25(37)28(2,3)30)26(38)31-24-12-16-36(27(39)32-24)23-8-6-21(7-9-23)10-14-33-13-4-5-22(29)11-15-33/h6-9,12,16,20,22H,4-5,10-11,13-15,17-19,29-30H2,1-3H3,(H,31,32,38,39)/t20-,22?/m1/s1. The topological polar surface area (TPSA) is 143 Å². The zero-order valence-corrected chi connectivity index (χ0v) is 23.3. The average Bonchev–Trinajstić information content (AvgIpc) is 3.11. The van der Waals surface area contributed by atoms with Gasteiger partial charge in [-0.3, -0.25) is 14.7 Å². The molecule has 2 aromatic rings. The number of piperazine rings is 1. The SMILES string of the molecule is C[C@@H]1CN(C(=O)Nc2ccn(-c3ccc(CCN4CCCC(N)CC4)cc3)c(=O)n2)CCN1C(=O)C(C)(C)N. The van der Waals surface area contributed by atoms with Gasteiger partial charge in [0.1, 0.15) is 5.82 Å². The van der Waals surface area contributed by atoms with Gasteiger partial charge in [-0.1, -0.05) is 12.1 Å². The van der Waals surface area contributed by atoms with Gasteiger partial charge in [-0.2, -0.15) is 4.98 Å². The minimum Gasteiger partial charge on any atom is -0.335 e. The molecule has 3 heterocycles. The molecular weight excluding hydrogens is 496 g/mol. The maximum absolute atomic E-state index is 12.8. The summed E-state index contributed by atoms with van der Waals surface area (Å²) in [4.78, 5) is 48.0. The highest BCUT2D eigenvalue weighted by Gasteiger charge is 2.35. The molecule has 1 aromatic carbocycles. The van der Waals surface area contributed by atoms with E-state index in [0.717, 1.165) is 45.3 Å². The fraction of sp³-hybridized carbons (Fsp3) is 0.571. The minimum absolute atomic E-state index is 0.143. The number of nitrogens with two attached hydrogens (primary N) is 2. The Hall–Kier alpha value is -3.28. The number of urea groups is 1. The molecule has 5 N–H and O–H groups in total. The summed E-state index contributed by atoms with van der Waals surface area (Å²) in [6.45, 7) is 9.51. The molecule has 0 aliphatic carbocycles. The van der Waals surface area contributed by atoms with Gasteiger partial charge in [0, 0.05) is 44.5 Å². The van der Waals surface area contributed by atoms with Crippen molar-refractivity contribution >= 4 is 17.8 Å². The molecule has 2 atom stereocenters. The third-order valence-electron chi connectivity index (χ3n) is 7.56. The predicted octanol–water partition coefficient (Wildman–Crippen LogP) is 1.39. The van der Waals surface area contributed by atoms with Crippen LogP contribution < -0.4 is 22.5 Å². The number of nitrogens with one attached hydrogen (secondary N) is 1. The van der Waals surface area contributed by atoms with Crippen molar-refractivity contribution in [3.8, 4) is 5.69 Å². The molecule has 0 spiro atoms. The Bertz CT molecular complexity index is 1210. The van der Waals surface area contributed by atoms with Crippen LogP contribution in [-0.2, 0) is 11.2 Å². The molecule has 3 amide bonds. The second kappa shape index (κ2) is 12.3. The summed E-state index contributed by atoms with van der Waals surface area (Å²) in [5.74, 6) is 0.0419. The van der Waals surface area contributed by atoms with Crippen LogP contribution in [0.4, 0.5) is 10.6 Å². The normalized spacial score (nSPS) is 20.9. The van der Waals surface area contributed by atoms with E-state index in [1.165, 1.54) is 10.1 Å². The van der Waals surface area contributed by atoms with Crippen LogP contribution in [0.3, 0.4) is 0 Å². The number of hydrogen-bond donors (Lipinski definition) is 3. The molecule has 2 fully saturated rings. The number of rotatable bonds is 6. The lowest BCUT2D eigenvalue weighted by molar-refractivity contribution is -0.139. The van der Waals surface area contributed by atoms with E-state index in [1.807, 2.05) is 31.2 Å². The Morgan fingerprint density at radius 3 is 2.49 bits per heavy atom. The lowest BCUT2D eigenvalue weighted by Crippen LogP contribution is -2.61. The van der Waals surface area contributed by atoms with Crippen molar-refractivity contribution in [2.75, 3.05) is 44.6 Å². The quantitative estimate of drug-likeness (QED) is 0.504. The number of hydrogen-bond acceptors (Lipinski definition) is 7. The number of aromatic nitrogens is 2. The molecular formula is C28H42N8O3. The van der Waals surface area contributed by atoms with E-state index >= 15 is 0 Å². The maximum Gasteiger partial charge on any atom is 0.354 e. The molecule has 11 nitrogen and oxygen atoms in total. The van der Waals surface area contributed by atoms with Crippen molar-refractivity contribution in [1.82, 2.24) is 24.3 Å². The fourth-order valence-corrected chi connectivity index (χ4v) is 5.19. The third-order valence-corrected chi connectivity index (χ3v) is 7.56. The summed E-state index contributed by atoms with van der Waals surface area (Å²) >= 11 is 0. The second-order valence-corrected chi connectivity index (χ2v) is 11.4. The molecule has 1 aromatic heterocycles. The largest absolute Gasteiger partial charge is 0.354 e. The van der Waals surface area contributed by atoms with Crippen LogP contribution in [0.25, 0.3) is 5.69 Å². The highest BCUT2D eigenvalue weighted by molar-refractivity contribution is 5.89. The van der Waals surface area contributed by atoms with E-state index in [2.05, 4.69) is 15.2 Å². The van der Waals surface area contributed by atoms with Gasteiger partial charge in [-0.15, -0.1) is 0 Å². The molecule has 0 bridgehead atoms. The van der Waals surface area contributed by atoms with Crippen molar-refractivity contribution in [2.24, 2.45) is 11.5 Å². The third kappa shape index (κ3) is 7.43. The van der Waals surface area contributed by atoms with Crippen molar-refractivity contribution in [1.29, 1.82) is 0 Å². The number of nitrogens with zero attached hydrogens (tertiary/aromatic N) is 5. The zero-order chi connectivity index (χ0) is 28.2. The first-order valence-electron chi connectivity index (χ1n) is 13.8. The molecule has 1 unspecified atom stereocenters. The summed E-state index contributed by atoms with van der Waals surface area (Å²) in [7, 11) is 0. The van der Waals surface area contributed by atoms with Gasteiger partial charge in [-0.05, 0) is 83.3 Å². The molecule has 4 rings (SSSR count). The second-order valence-electron chi connectivity index (χ2n) is 11.4. The number of carbonyl (C=O) groups excluding carboxylic acids is 2. The summed E-state index contributed by atoms with van der Waals surface area (Å²) in [6, 6.07) is 9.31. The van der Waals surface area contributed by atoms with Gasteiger partial charge in [0.05, 0.1) is 11.2 Å². The molecule has 2 aliphatic heterocycles. The number of carbonyl (C=O) groups is 2. The zero-order valence-electron chi connectivity index (χ0n) is 23.3.